The lowest BCUT2D eigenvalue weighted by atomic mass is 10.2. The molecule has 0 N–H and O–H groups in total. The minimum Gasteiger partial charge on any atom is -0.339 e. The molecule has 0 saturated carbocycles. The Morgan fingerprint density at radius 3 is 2.48 bits per heavy atom. The van der Waals surface area contributed by atoms with Crippen molar-refractivity contribution < 1.29 is 9.72 Å². The van der Waals surface area contributed by atoms with E-state index in [1.54, 1.807) is 4.90 Å². The minimum absolute atomic E-state index is 0.0498. The van der Waals surface area contributed by atoms with E-state index >= 15 is 0 Å². The molecular weight excluding hydrogens is 450 g/mol. The zero-order valence-electron chi connectivity index (χ0n) is 17.9. The fourth-order valence-corrected chi connectivity index (χ4v) is 4.18. The normalized spacial score (nSPS) is 14.5. The molecule has 0 aliphatic carbocycles. The molecule has 1 fully saturated rings. The van der Waals surface area contributed by atoms with Gasteiger partial charge < -0.3 is 9.80 Å². The topological polar surface area (TPSA) is 111 Å². The van der Waals surface area contributed by atoms with Crippen LogP contribution < -0.4 is 11.2 Å². The fourth-order valence-electron chi connectivity index (χ4n) is 4.01. The molecule has 0 atom stereocenters. The van der Waals surface area contributed by atoms with E-state index in [9.17, 15) is 24.5 Å². The summed E-state index contributed by atoms with van der Waals surface area (Å²) in [6.45, 7) is 5.27. The number of hydrogen-bond donors (Lipinski definition) is 0. The zero-order valence-corrected chi connectivity index (χ0v) is 18.7. The van der Waals surface area contributed by atoms with Gasteiger partial charge in [0.1, 0.15) is 6.54 Å². The van der Waals surface area contributed by atoms with E-state index in [1.807, 2.05) is 0 Å². The van der Waals surface area contributed by atoms with Gasteiger partial charge in [-0.2, -0.15) is 0 Å². The van der Waals surface area contributed by atoms with E-state index in [-0.39, 0.29) is 34.7 Å². The van der Waals surface area contributed by atoms with Crippen molar-refractivity contribution in [2.45, 2.75) is 13.5 Å². The molecular formula is C22H22ClN5O5. The first-order valence-corrected chi connectivity index (χ1v) is 10.9. The highest BCUT2D eigenvalue weighted by molar-refractivity contribution is 6.31. The van der Waals surface area contributed by atoms with Gasteiger partial charge in [-0.05, 0) is 30.8 Å². The van der Waals surface area contributed by atoms with Crippen LogP contribution in [0.3, 0.4) is 0 Å². The Balaban J connectivity index is 1.84. The number of nitro groups is 1. The van der Waals surface area contributed by atoms with E-state index in [0.29, 0.717) is 18.1 Å². The van der Waals surface area contributed by atoms with Crippen LogP contribution in [0, 0.1) is 10.1 Å². The lowest BCUT2D eigenvalue weighted by Crippen LogP contribution is -2.50. The van der Waals surface area contributed by atoms with Gasteiger partial charge >= 0.3 is 5.69 Å². The van der Waals surface area contributed by atoms with E-state index in [2.05, 4.69) is 11.8 Å². The second-order valence-electron chi connectivity index (χ2n) is 7.76. The maximum Gasteiger partial charge on any atom is 0.336 e. The Morgan fingerprint density at radius 1 is 1.09 bits per heavy atom. The highest BCUT2D eigenvalue weighted by atomic mass is 35.5. The maximum absolute atomic E-state index is 13.4. The Labute approximate surface area is 193 Å². The van der Waals surface area contributed by atoms with E-state index < -0.39 is 16.2 Å². The van der Waals surface area contributed by atoms with Crippen molar-refractivity contribution >= 4 is 34.1 Å². The van der Waals surface area contributed by atoms with Crippen LogP contribution in [0.2, 0.25) is 5.02 Å². The van der Waals surface area contributed by atoms with Gasteiger partial charge in [-0.3, -0.25) is 24.3 Å². The van der Waals surface area contributed by atoms with Gasteiger partial charge in [0.05, 0.1) is 21.5 Å². The number of piperazine rings is 1. The van der Waals surface area contributed by atoms with Gasteiger partial charge in [0, 0.05) is 43.3 Å². The second kappa shape index (κ2) is 9.16. The number of carbonyl (C=O) groups excluding carboxylic acids is 1. The predicted molar refractivity (Wildman–Crippen MR) is 124 cm³/mol. The number of halogens is 1. The third kappa shape index (κ3) is 4.39. The van der Waals surface area contributed by atoms with Gasteiger partial charge in [0.25, 0.3) is 11.2 Å². The number of rotatable bonds is 5. The summed E-state index contributed by atoms with van der Waals surface area (Å²) in [5.74, 6) is -0.252. The number of hydrogen-bond acceptors (Lipinski definition) is 6. The molecule has 11 heteroatoms. The third-order valence-corrected chi connectivity index (χ3v) is 6.11. The van der Waals surface area contributed by atoms with E-state index in [1.165, 1.54) is 41.0 Å². The van der Waals surface area contributed by atoms with Crippen molar-refractivity contribution in [3.63, 3.8) is 0 Å². The Morgan fingerprint density at radius 2 is 1.82 bits per heavy atom. The largest absolute Gasteiger partial charge is 0.339 e. The Hall–Kier alpha value is -3.50. The van der Waals surface area contributed by atoms with Gasteiger partial charge in [0.15, 0.2) is 0 Å². The molecule has 0 bridgehead atoms. The van der Waals surface area contributed by atoms with Gasteiger partial charge in [0.2, 0.25) is 5.91 Å². The first-order chi connectivity index (χ1) is 15.8. The van der Waals surface area contributed by atoms with Crippen LogP contribution in [0.1, 0.15) is 6.92 Å². The number of benzene rings is 2. The molecule has 172 valence electrons. The lowest BCUT2D eigenvalue weighted by molar-refractivity contribution is -0.384. The SMILES string of the molecule is CCN1CCN(C(=O)Cn2c(=O)n(-c3cccc([N+](=O)[O-])c3)c(=O)c3ccc(Cl)cc32)CC1. The molecule has 1 saturated heterocycles. The van der Waals surface area contributed by atoms with E-state index in [0.717, 1.165) is 30.3 Å². The first-order valence-electron chi connectivity index (χ1n) is 10.5. The highest BCUT2D eigenvalue weighted by Gasteiger charge is 2.23. The van der Waals surface area contributed by atoms with Crippen molar-refractivity contribution in [1.82, 2.24) is 18.9 Å². The summed E-state index contributed by atoms with van der Waals surface area (Å²) in [4.78, 5) is 54.2. The molecule has 1 aliphatic heterocycles. The fraction of sp³-hybridized carbons (Fsp3) is 0.318. The number of nitro benzene ring substituents is 1. The maximum atomic E-state index is 13.4. The lowest BCUT2D eigenvalue weighted by Gasteiger charge is -2.34. The molecule has 33 heavy (non-hydrogen) atoms. The van der Waals surface area contributed by atoms with Crippen LogP contribution in [0.15, 0.2) is 52.1 Å². The number of fused-ring (bicyclic) bond motifs is 1. The minimum atomic E-state index is -0.768. The molecule has 4 rings (SSSR count). The van der Waals surface area contributed by atoms with Crippen molar-refractivity contribution in [2.24, 2.45) is 0 Å². The molecule has 1 aromatic heterocycles. The molecule has 10 nitrogen and oxygen atoms in total. The highest BCUT2D eigenvalue weighted by Crippen LogP contribution is 2.19. The zero-order chi connectivity index (χ0) is 23.7. The van der Waals surface area contributed by atoms with Crippen LogP contribution in [0.5, 0.6) is 0 Å². The summed E-state index contributed by atoms with van der Waals surface area (Å²) >= 11 is 6.12. The summed E-state index contributed by atoms with van der Waals surface area (Å²) < 4.78 is 2.06. The molecule has 1 aliphatic rings. The average Bonchev–Trinajstić information content (AvgIpc) is 2.81. The van der Waals surface area contributed by atoms with Crippen molar-refractivity contribution in [1.29, 1.82) is 0 Å². The quantitative estimate of drug-likeness (QED) is 0.415. The molecule has 0 unspecified atom stereocenters. The van der Waals surface area contributed by atoms with Crippen molar-refractivity contribution in [3.8, 4) is 5.69 Å². The third-order valence-electron chi connectivity index (χ3n) is 5.87. The Bertz CT molecular complexity index is 1360. The molecule has 0 radical (unpaired) electrons. The van der Waals surface area contributed by atoms with Crippen LogP contribution in [-0.4, -0.2) is 62.5 Å². The number of amides is 1. The van der Waals surface area contributed by atoms with Gasteiger partial charge in [-0.15, -0.1) is 0 Å². The van der Waals surface area contributed by atoms with E-state index in [4.69, 9.17) is 11.6 Å². The van der Waals surface area contributed by atoms with Crippen LogP contribution in [-0.2, 0) is 11.3 Å². The summed E-state index contributed by atoms with van der Waals surface area (Å²) in [5, 5.41) is 11.7. The summed E-state index contributed by atoms with van der Waals surface area (Å²) in [5.41, 5.74) is -1.39. The first kappa shape index (κ1) is 22.7. The second-order valence-corrected chi connectivity index (χ2v) is 8.20. The average molecular weight is 472 g/mol. The monoisotopic (exact) mass is 471 g/mol. The summed E-state index contributed by atoms with van der Waals surface area (Å²) in [6.07, 6.45) is 0. The number of aromatic nitrogens is 2. The summed E-state index contributed by atoms with van der Waals surface area (Å²) in [6, 6.07) is 9.73. The smallest absolute Gasteiger partial charge is 0.336 e. The summed E-state index contributed by atoms with van der Waals surface area (Å²) in [7, 11) is 0. The molecule has 1 amide bonds. The van der Waals surface area contributed by atoms with Gasteiger partial charge in [-0.25, -0.2) is 9.36 Å². The van der Waals surface area contributed by atoms with Gasteiger partial charge in [-0.1, -0.05) is 24.6 Å². The number of non-ortho nitro benzene ring substituents is 1. The number of nitrogens with zero attached hydrogens (tertiary/aromatic N) is 5. The van der Waals surface area contributed by atoms with Crippen molar-refractivity contribution in [2.75, 3.05) is 32.7 Å². The molecule has 2 heterocycles. The predicted octanol–water partition coefficient (Wildman–Crippen LogP) is 1.88. The van der Waals surface area contributed by atoms with Crippen molar-refractivity contribution in [3.05, 3.63) is 78.4 Å². The Kier molecular flexibility index (Phi) is 6.30. The molecule has 3 aromatic rings. The number of carbonyl (C=O) groups is 1. The number of likely N-dealkylation sites (N-methyl/N-ethyl adjacent to an activating group) is 1. The standard InChI is InChI=1S/C22H22ClN5O5/c1-2-24-8-10-25(11-9-24)20(29)14-26-19-12-15(23)6-7-18(19)21(30)27(22(26)31)16-4-3-5-17(13-16)28(32)33/h3-7,12-13H,2,8-11,14H2,1H3. The molecule has 0 spiro atoms. The van der Waals surface area contributed by atoms with Crippen LogP contribution >= 0.6 is 11.6 Å². The van der Waals surface area contributed by atoms with Crippen LogP contribution in [0.25, 0.3) is 16.6 Å². The molecule has 2 aromatic carbocycles. The van der Waals surface area contributed by atoms with Crippen LogP contribution in [0.4, 0.5) is 5.69 Å².